The largest absolute Gasteiger partial charge is 0.329 e. The third-order valence-electron chi connectivity index (χ3n) is 4.29. The average Bonchev–Trinajstić information content (AvgIpc) is 2.72. The van der Waals surface area contributed by atoms with E-state index in [-0.39, 0.29) is 5.54 Å². The van der Waals surface area contributed by atoms with Crippen molar-refractivity contribution in [2.24, 2.45) is 18.7 Å². The van der Waals surface area contributed by atoms with Gasteiger partial charge in [0.05, 0.1) is 17.3 Å². The molecule has 0 saturated heterocycles. The highest BCUT2D eigenvalue weighted by atomic mass is 15.1. The van der Waals surface area contributed by atoms with Crippen LogP contribution in [0.25, 0.3) is 11.0 Å². The molecule has 2 aromatic heterocycles. The summed E-state index contributed by atoms with van der Waals surface area (Å²) in [5, 5.41) is 0. The SMILES string of the molecule is CC1CCC(N)(c2nc3cnccc3n2C)CC1. The van der Waals surface area contributed by atoms with Crippen LogP contribution in [0.1, 0.15) is 38.4 Å². The molecule has 1 saturated carbocycles. The van der Waals surface area contributed by atoms with E-state index in [0.717, 1.165) is 35.6 Å². The topological polar surface area (TPSA) is 56.7 Å². The Morgan fingerprint density at radius 1 is 1.39 bits per heavy atom. The predicted molar refractivity (Wildman–Crippen MR) is 72.0 cm³/mol. The maximum Gasteiger partial charge on any atom is 0.129 e. The summed E-state index contributed by atoms with van der Waals surface area (Å²) in [7, 11) is 2.05. The maximum absolute atomic E-state index is 6.60. The second-order valence-electron chi connectivity index (χ2n) is 5.70. The molecule has 4 heteroatoms. The van der Waals surface area contributed by atoms with Gasteiger partial charge >= 0.3 is 0 Å². The van der Waals surface area contributed by atoms with E-state index in [0.29, 0.717) is 0 Å². The third-order valence-corrected chi connectivity index (χ3v) is 4.29. The van der Waals surface area contributed by atoms with Crippen molar-refractivity contribution in [1.82, 2.24) is 14.5 Å². The summed E-state index contributed by atoms with van der Waals surface area (Å²) in [6.07, 6.45) is 8.06. The number of hydrogen-bond acceptors (Lipinski definition) is 3. The van der Waals surface area contributed by atoms with Gasteiger partial charge in [0.2, 0.25) is 0 Å². The lowest BCUT2D eigenvalue weighted by Gasteiger charge is -2.35. The molecule has 0 aromatic carbocycles. The lowest BCUT2D eigenvalue weighted by atomic mass is 9.77. The summed E-state index contributed by atoms with van der Waals surface area (Å²) >= 11 is 0. The Bertz CT molecular complexity index is 564. The quantitative estimate of drug-likeness (QED) is 0.837. The van der Waals surface area contributed by atoms with Gasteiger partial charge in [-0.25, -0.2) is 4.98 Å². The van der Waals surface area contributed by atoms with Gasteiger partial charge in [-0.3, -0.25) is 4.98 Å². The molecule has 18 heavy (non-hydrogen) atoms. The van der Waals surface area contributed by atoms with Gasteiger partial charge in [0.25, 0.3) is 0 Å². The second-order valence-corrected chi connectivity index (χ2v) is 5.70. The van der Waals surface area contributed by atoms with Gasteiger partial charge < -0.3 is 10.3 Å². The first kappa shape index (κ1) is 11.7. The molecule has 0 spiro atoms. The highest BCUT2D eigenvalue weighted by Crippen LogP contribution is 2.37. The van der Waals surface area contributed by atoms with E-state index in [2.05, 4.69) is 23.5 Å². The van der Waals surface area contributed by atoms with Gasteiger partial charge in [0.1, 0.15) is 11.3 Å². The smallest absolute Gasteiger partial charge is 0.129 e. The molecule has 0 bridgehead atoms. The molecule has 1 fully saturated rings. The molecule has 1 aliphatic rings. The van der Waals surface area contributed by atoms with Crippen LogP contribution in [0.15, 0.2) is 18.5 Å². The van der Waals surface area contributed by atoms with Crippen LogP contribution in [0.3, 0.4) is 0 Å². The highest BCUT2D eigenvalue weighted by Gasteiger charge is 2.35. The van der Waals surface area contributed by atoms with Gasteiger partial charge in [0.15, 0.2) is 0 Å². The first-order valence-corrected chi connectivity index (χ1v) is 6.66. The zero-order valence-electron chi connectivity index (χ0n) is 11.1. The van der Waals surface area contributed by atoms with Gasteiger partial charge in [-0.15, -0.1) is 0 Å². The number of rotatable bonds is 1. The number of imidazole rings is 1. The van der Waals surface area contributed by atoms with Gasteiger partial charge in [-0.1, -0.05) is 6.92 Å². The van der Waals surface area contributed by atoms with Crippen molar-refractivity contribution < 1.29 is 0 Å². The first-order chi connectivity index (χ1) is 8.60. The first-order valence-electron chi connectivity index (χ1n) is 6.66. The molecule has 4 nitrogen and oxygen atoms in total. The van der Waals surface area contributed by atoms with Crippen molar-refractivity contribution in [3.05, 3.63) is 24.3 Å². The van der Waals surface area contributed by atoms with Crippen molar-refractivity contribution in [3.8, 4) is 0 Å². The maximum atomic E-state index is 6.60. The van der Waals surface area contributed by atoms with E-state index in [1.807, 2.05) is 12.3 Å². The molecule has 0 unspecified atom stereocenters. The molecule has 2 heterocycles. The van der Waals surface area contributed by atoms with Crippen LogP contribution in [0.4, 0.5) is 0 Å². The molecule has 1 aliphatic carbocycles. The number of pyridine rings is 1. The molecule has 0 atom stereocenters. The van der Waals surface area contributed by atoms with Crippen LogP contribution >= 0.6 is 0 Å². The summed E-state index contributed by atoms with van der Waals surface area (Å²) in [5.41, 5.74) is 8.40. The molecule has 0 radical (unpaired) electrons. The Labute approximate surface area is 107 Å². The Kier molecular flexibility index (Phi) is 2.63. The minimum Gasteiger partial charge on any atom is -0.329 e. The number of nitrogens with two attached hydrogens (primary N) is 1. The van der Waals surface area contributed by atoms with E-state index < -0.39 is 0 Å². The molecule has 2 N–H and O–H groups in total. The fourth-order valence-corrected chi connectivity index (χ4v) is 3.00. The molecule has 0 aliphatic heterocycles. The number of hydrogen-bond donors (Lipinski definition) is 1. The van der Waals surface area contributed by atoms with Crippen LogP contribution in [-0.4, -0.2) is 14.5 Å². The van der Waals surface area contributed by atoms with Crippen molar-refractivity contribution in [3.63, 3.8) is 0 Å². The molecule has 96 valence electrons. The Hall–Kier alpha value is -1.42. The fourth-order valence-electron chi connectivity index (χ4n) is 3.00. The van der Waals surface area contributed by atoms with E-state index in [9.17, 15) is 0 Å². The summed E-state index contributed by atoms with van der Waals surface area (Å²) in [6, 6.07) is 2.00. The predicted octanol–water partition coefficient (Wildman–Crippen LogP) is 2.33. The Morgan fingerprint density at radius 3 is 2.78 bits per heavy atom. The zero-order valence-corrected chi connectivity index (χ0v) is 11.1. The summed E-state index contributed by atoms with van der Waals surface area (Å²) in [4.78, 5) is 8.84. The van der Waals surface area contributed by atoms with Gasteiger partial charge in [-0.2, -0.15) is 0 Å². The van der Waals surface area contributed by atoms with Crippen LogP contribution in [0.2, 0.25) is 0 Å². The van der Waals surface area contributed by atoms with E-state index in [1.54, 1.807) is 6.20 Å². The van der Waals surface area contributed by atoms with Crippen molar-refractivity contribution in [2.45, 2.75) is 38.1 Å². The van der Waals surface area contributed by atoms with E-state index in [4.69, 9.17) is 10.7 Å². The number of fused-ring (bicyclic) bond motifs is 1. The van der Waals surface area contributed by atoms with Gasteiger partial charge in [-0.05, 0) is 37.7 Å². The number of nitrogens with zero attached hydrogens (tertiary/aromatic N) is 3. The Balaban J connectivity index is 2.06. The van der Waals surface area contributed by atoms with E-state index in [1.165, 1.54) is 12.8 Å². The highest BCUT2D eigenvalue weighted by molar-refractivity contribution is 5.74. The summed E-state index contributed by atoms with van der Waals surface area (Å²) < 4.78 is 2.13. The summed E-state index contributed by atoms with van der Waals surface area (Å²) in [5.74, 6) is 1.80. The monoisotopic (exact) mass is 244 g/mol. The van der Waals surface area contributed by atoms with Crippen LogP contribution in [-0.2, 0) is 12.6 Å². The molecule has 2 aromatic rings. The molecule has 0 amide bonds. The molecule has 3 rings (SSSR count). The average molecular weight is 244 g/mol. The van der Waals surface area contributed by atoms with Crippen LogP contribution in [0, 0.1) is 5.92 Å². The fraction of sp³-hybridized carbons (Fsp3) is 0.571. The van der Waals surface area contributed by atoms with Crippen molar-refractivity contribution >= 4 is 11.0 Å². The summed E-state index contributed by atoms with van der Waals surface area (Å²) in [6.45, 7) is 2.30. The minimum atomic E-state index is -0.264. The Morgan fingerprint density at radius 2 is 2.11 bits per heavy atom. The minimum absolute atomic E-state index is 0.264. The molecular weight excluding hydrogens is 224 g/mol. The lowest BCUT2D eigenvalue weighted by Crippen LogP contribution is -2.42. The third kappa shape index (κ3) is 1.72. The van der Waals surface area contributed by atoms with Crippen molar-refractivity contribution in [2.75, 3.05) is 0 Å². The molecular formula is C14H20N4. The van der Waals surface area contributed by atoms with Crippen LogP contribution < -0.4 is 5.73 Å². The lowest BCUT2D eigenvalue weighted by molar-refractivity contribution is 0.233. The zero-order chi connectivity index (χ0) is 12.8. The van der Waals surface area contributed by atoms with Gasteiger partial charge in [0, 0.05) is 13.2 Å². The normalized spacial score (nSPS) is 28.7. The van der Waals surface area contributed by atoms with Crippen LogP contribution in [0.5, 0.6) is 0 Å². The number of aryl methyl sites for hydroxylation is 1. The standard InChI is InChI=1S/C14H20N4/c1-10-3-6-14(15,7-4-10)13-17-11-9-16-8-5-12(11)18(13)2/h5,8-10H,3-4,6-7,15H2,1-2H3. The number of aromatic nitrogens is 3. The van der Waals surface area contributed by atoms with Crippen molar-refractivity contribution in [1.29, 1.82) is 0 Å². The van der Waals surface area contributed by atoms with E-state index >= 15 is 0 Å². The second kappa shape index (κ2) is 4.05.